The molecular weight excluding hydrogens is 174 g/mol. The number of carbonyl (C=O) groups is 1. The maximum absolute atomic E-state index is 12.0. The van der Waals surface area contributed by atoms with Gasteiger partial charge in [0, 0.05) is 11.0 Å². The number of likely N-dealkylation sites (N-methyl/N-ethyl adjacent to an activating group) is 1. The standard InChI is InChI=1S/C12H25NO/c1-9(10(14)11(2,3)4)13(8)12(5,6)7/h9H,1-8H3/t9-/m0/s1. The average molecular weight is 199 g/mol. The van der Waals surface area contributed by atoms with Crippen LogP contribution in [0, 0.1) is 5.41 Å². The summed E-state index contributed by atoms with van der Waals surface area (Å²) < 4.78 is 0. The Bertz CT molecular complexity index is 207. The van der Waals surface area contributed by atoms with Crippen LogP contribution in [0.25, 0.3) is 0 Å². The van der Waals surface area contributed by atoms with Gasteiger partial charge in [-0.15, -0.1) is 0 Å². The second-order valence-electron chi connectivity index (χ2n) is 6.07. The van der Waals surface area contributed by atoms with E-state index in [0.717, 1.165) is 0 Å². The molecule has 0 amide bonds. The number of rotatable bonds is 2. The molecule has 0 aliphatic rings. The van der Waals surface area contributed by atoms with E-state index in [9.17, 15) is 4.79 Å². The van der Waals surface area contributed by atoms with Crippen LogP contribution in [0.3, 0.4) is 0 Å². The lowest BCUT2D eigenvalue weighted by Crippen LogP contribution is -2.50. The van der Waals surface area contributed by atoms with E-state index in [-0.39, 0.29) is 17.0 Å². The Morgan fingerprint density at radius 1 is 1.07 bits per heavy atom. The summed E-state index contributed by atoms with van der Waals surface area (Å²) >= 11 is 0. The lowest BCUT2D eigenvalue weighted by molar-refractivity contribution is -0.132. The summed E-state index contributed by atoms with van der Waals surface area (Å²) in [6.45, 7) is 14.3. The van der Waals surface area contributed by atoms with Crippen LogP contribution in [0.2, 0.25) is 0 Å². The summed E-state index contributed by atoms with van der Waals surface area (Å²) in [6, 6.07) is -0.0185. The van der Waals surface area contributed by atoms with Gasteiger partial charge in [0.25, 0.3) is 0 Å². The molecule has 0 aliphatic carbocycles. The van der Waals surface area contributed by atoms with E-state index in [2.05, 4.69) is 25.7 Å². The summed E-state index contributed by atoms with van der Waals surface area (Å²) in [5, 5.41) is 0. The van der Waals surface area contributed by atoms with E-state index in [1.165, 1.54) is 0 Å². The molecule has 0 bridgehead atoms. The number of carbonyl (C=O) groups excluding carboxylic acids is 1. The minimum absolute atomic E-state index is 0.0185. The van der Waals surface area contributed by atoms with E-state index in [4.69, 9.17) is 0 Å². The van der Waals surface area contributed by atoms with Crippen LogP contribution in [0.5, 0.6) is 0 Å². The fourth-order valence-electron chi connectivity index (χ4n) is 1.38. The van der Waals surface area contributed by atoms with Crippen molar-refractivity contribution in [3.63, 3.8) is 0 Å². The average Bonchev–Trinajstić information content (AvgIpc) is 1.97. The summed E-state index contributed by atoms with van der Waals surface area (Å²) in [4.78, 5) is 14.1. The van der Waals surface area contributed by atoms with Crippen molar-refractivity contribution in [3.05, 3.63) is 0 Å². The van der Waals surface area contributed by atoms with Crippen molar-refractivity contribution in [2.24, 2.45) is 5.41 Å². The van der Waals surface area contributed by atoms with Gasteiger partial charge in [-0.3, -0.25) is 9.69 Å². The minimum Gasteiger partial charge on any atom is -0.297 e. The van der Waals surface area contributed by atoms with Crippen molar-refractivity contribution in [1.29, 1.82) is 0 Å². The van der Waals surface area contributed by atoms with Gasteiger partial charge in [0.1, 0.15) is 0 Å². The summed E-state index contributed by atoms with van der Waals surface area (Å²) in [5.74, 6) is 0.301. The molecule has 2 heteroatoms. The fraction of sp³-hybridized carbons (Fsp3) is 0.917. The maximum atomic E-state index is 12.0. The van der Waals surface area contributed by atoms with Gasteiger partial charge in [0.15, 0.2) is 5.78 Å². The van der Waals surface area contributed by atoms with Crippen molar-refractivity contribution < 1.29 is 4.79 Å². The quantitative estimate of drug-likeness (QED) is 0.681. The second kappa shape index (κ2) is 4.01. The molecule has 0 aliphatic heterocycles. The highest BCUT2D eigenvalue weighted by atomic mass is 16.1. The smallest absolute Gasteiger partial charge is 0.154 e. The van der Waals surface area contributed by atoms with E-state index in [0.29, 0.717) is 5.78 Å². The minimum atomic E-state index is -0.251. The molecule has 0 spiro atoms. The number of Topliss-reactive ketones (excluding diaryl/α,β-unsaturated/α-hetero) is 1. The lowest BCUT2D eigenvalue weighted by atomic mass is 9.85. The van der Waals surface area contributed by atoms with Gasteiger partial charge in [-0.25, -0.2) is 0 Å². The molecule has 0 saturated heterocycles. The molecular formula is C12H25NO. The van der Waals surface area contributed by atoms with Gasteiger partial charge < -0.3 is 0 Å². The zero-order chi connectivity index (χ0) is 11.7. The molecule has 0 unspecified atom stereocenters. The van der Waals surface area contributed by atoms with Gasteiger partial charge in [-0.1, -0.05) is 20.8 Å². The van der Waals surface area contributed by atoms with Crippen LogP contribution >= 0.6 is 0 Å². The lowest BCUT2D eigenvalue weighted by Gasteiger charge is -2.38. The number of nitrogens with zero attached hydrogens (tertiary/aromatic N) is 1. The van der Waals surface area contributed by atoms with E-state index in [1.54, 1.807) is 0 Å². The van der Waals surface area contributed by atoms with Crippen LogP contribution in [-0.2, 0) is 4.79 Å². The highest BCUT2D eigenvalue weighted by Gasteiger charge is 2.32. The van der Waals surface area contributed by atoms with Crippen LogP contribution < -0.4 is 0 Å². The van der Waals surface area contributed by atoms with Crippen molar-refractivity contribution in [2.75, 3.05) is 7.05 Å². The monoisotopic (exact) mass is 199 g/mol. The first-order valence-corrected chi connectivity index (χ1v) is 5.25. The SMILES string of the molecule is C[C@@H](C(=O)C(C)(C)C)N(C)C(C)(C)C. The first-order chi connectivity index (χ1) is 5.98. The largest absolute Gasteiger partial charge is 0.297 e. The van der Waals surface area contributed by atoms with Gasteiger partial charge in [-0.05, 0) is 34.7 Å². The van der Waals surface area contributed by atoms with Gasteiger partial charge >= 0.3 is 0 Å². The molecule has 0 aromatic heterocycles. The first-order valence-electron chi connectivity index (χ1n) is 5.25. The fourth-order valence-corrected chi connectivity index (χ4v) is 1.38. The summed E-state index contributed by atoms with van der Waals surface area (Å²) in [7, 11) is 2.01. The second-order valence-corrected chi connectivity index (χ2v) is 6.07. The Morgan fingerprint density at radius 2 is 1.43 bits per heavy atom. The Labute approximate surface area is 88.7 Å². The molecule has 14 heavy (non-hydrogen) atoms. The van der Waals surface area contributed by atoms with E-state index >= 15 is 0 Å². The van der Waals surface area contributed by atoms with Gasteiger partial charge in [0.2, 0.25) is 0 Å². The zero-order valence-electron chi connectivity index (χ0n) is 10.9. The molecule has 0 rings (SSSR count). The molecule has 0 aromatic rings. The number of hydrogen-bond donors (Lipinski definition) is 0. The van der Waals surface area contributed by atoms with Gasteiger partial charge in [0.05, 0.1) is 6.04 Å². The predicted octanol–water partition coefficient (Wildman–Crippen LogP) is 2.72. The summed E-state index contributed by atoms with van der Waals surface area (Å²) in [5.41, 5.74) is -0.209. The van der Waals surface area contributed by atoms with Crippen LogP contribution in [0.15, 0.2) is 0 Å². The molecule has 0 heterocycles. The molecule has 0 saturated carbocycles. The normalized spacial score (nSPS) is 15.8. The molecule has 2 nitrogen and oxygen atoms in total. The third-order valence-corrected chi connectivity index (χ3v) is 2.76. The third-order valence-electron chi connectivity index (χ3n) is 2.76. The Balaban J connectivity index is 4.65. The highest BCUT2D eigenvalue weighted by Crippen LogP contribution is 2.22. The Hall–Kier alpha value is -0.370. The predicted molar refractivity (Wildman–Crippen MR) is 61.4 cm³/mol. The molecule has 0 aromatic carbocycles. The Kier molecular flexibility index (Phi) is 3.91. The topological polar surface area (TPSA) is 20.3 Å². The van der Waals surface area contributed by atoms with Gasteiger partial charge in [-0.2, -0.15) is 0 Å². The van der Waals surface area contributed by atoms with Crippen molar-refractivity contribution in [1.82, 2.24) is 4.90 Å². The maximum Gasteiger partial charge on any atom is 0.154 e. The third kappa shape index (κ3) is 3.41. The number of ketones is 1. The van der Waals surface area contributed by atoms with Crippen LogP contribution in [0.1, 0.15) is 48.5 Å². The molecule has 0 radical (unpaired) electrons. The van der Waals surface area contributed by atoms with Crippen LogP contribution in [0.4, 0.5) is 0 Å². The highest BCUT2D eigenvalue weighted by molar-refractivity contribution is 5.88. The molecule has 0 fully saturated rings. The van der Waals surface area contributed by atoms with Crippen molar-refractivity contribution in [2.45, 2.75) is 60.0 Å². The molecule has 1 atom stereocenters. The van der Waals surface area contributed by atoms with E-state index in [1.807, 2.05) is 34.7 Å². The summed E-state index contributed by atoms with van der Waals surface area (Å²) in [6.07, 6.45) is 0. The van der Waals surface area contributed by atoms with E-state index < -0.39 is 0 Å². The van der Waals surface area contributed by atoms with Crippen molar-refractivity contribution >= 4 is 5.78 Å². The number of hydrogen-bond acceptors (Lipinski definition) is 2. The zero-order valence-corrected chi connectivity index (χ0v) is 10.9. The van der Waals surface area contributed by atoms with Crippen LogP contribution in [-0.4, -0.2) is 29.3 Å². The Morgan fingerprint density at radius 3 is 1.64 bits per heavy atom. The molecule has 84 valence electrons. The van der Waals surface area contributed by atoms with Crippen molar-refractivity contribution in [3.8, 4) is 0 Å². The molecule has 0 N–H and O–H groups in total. The first kappa shape index (κ1) is 13.6.